The monoisotopic (exact) mass is 162 g/mol. The average molecular weight is 162 g/mol. The zero-order chi connectivity index (χ0) is 8.81. The Morgan fingerprint density at radius 1 is 1.67 bits per heavy atom. The number of pyridine rings is 1. The van der Waals surface area contributed by atoms with Crippen LogP contribution in [0, 0.1) is 6.92 Å². The lowest BCUT2D eigenvalue weighted by Gasteiger charge is -2.06. The van der Waals surface area contributed by atoms with Crippen molar-refractivity contribution in [3.63, 3.8) is 0 Å². The van der Waals surface area contributed by atoms with Crippen LogP contribution in [0.1, 0.15) is 12.0 Å². The van der Waals surface area contributed by atoms with Crippen molar-refractivity contribution in [3.05, 3.63) is 36.7 Å². The summed E-state index contributed by atoms with van der Waals surface area (Å²) < 4.78 is 0. The predicted octanol–water partition coefficient (Wildman–Crippen LogP) is 2.38. The minimum absolute atomic E-state index is 0.939. The molecule has 0 saturated heterocycles. The molecule has 0 unspecified atom stereocenters. The number of aromatic nitrogens is 1. The second kappa shape index (κ2) is 4.54. The number of aryl methyl sites for hydroxylation is 1. The van der Waals surface area contributed by atoms with Crippen molar-refractivity contribution in [1.29, 1.82) is 0 Å². The van der Waals surface area contributed by atoms with Crippen LogP contribution in [0.2, 0.25) is 0 Å². The molecule has 1 aromatic rings. The highest BCUT2D eigenvalue weighted by molar-refractivity contribution is 5.48. The lowest BCUT2D eigenvalue weighted by Crippen LogP contribution is -2.01. The van der Waals surface area contributed by atoms with E-state index in [0.717, 1.165) is 18.7 Å². The van der Waals surface area contributed by atoms with Gasteiger partial charge in [-0.15, -0.1) is 6.58 Å². The molecule has 0 aliphatic rings. The first-order valence-corrected chi connectivity index (χ1v) is 4.10. The molecular formula is C10H14N2. The molecule has 64 valence electrons. The van der Waals surface area contributed by atoms with Crippen LogP contribution in [0.15, 0.2) is 31.1 Å². The first-order valence-electron chi connectivity index (χ1n) is 4.10. The summed E-state index contributed by atoms with van der Waals surface area (Å²) in [7, 11) is 0. The molecule has 0 aromatic carbocycles. The van der Waals surface area contributed by atoms with Crippen LogP contribution in [0.5, 0.6) is 0 Å². The van der Waals surface area contributed by atoms with Gasteiger partial charge in [-0.05, 0) is 25.0 Å². The zero-order valence-corrected chi connectivity index (χ0v) is 7.38. The normalized spacial score (nSPS) is 9.42. The van der Waals surface area contributed by atoms with Crippen LogP contribution in [0.25, 0.3) is 0 Å². The lowest BCUT2D eigenvalue weighted by atomic mass is 10.2. The van der Waals surface area contributed by atoms with E-state index in [-0.39, 0.29) is 0 Å². The SMILES string of the molecule is C=CCCNc1ccncc1C. The second-order valence-electron chi connectivity index (χ2n) is 2.69. The third-order valence-corrected chi connectivity index (χ3v) is 1.68. The molecule has 0 spiro atoms. The molecule has 1 N–H and O–H groups in total. The van der Waals surface area contributed by atoms with Gasteiger partial charge in [0.05, 0.1) is 0 Å². The number of hydrogen-bond donors (Lipinski definition) is 1. The molecule has 1 aromatic heterocycles. The Balaban J connectivity index is 2.51. The Hall–Kier alpha value is -1.31. The fourth-order valence-corrected chi connectivity index (χ4v) is 0.981. The topological polar surface area (TPSA) is 24.9 Å². The summed E-state index contributed by atoms with van der Waals surface area (Å²) >= 11 is 0. The van der Waals surface area contributed by atoms with E-state index in [0.29, 0.717) is 0 Å². The minimum Gasteiger partial charge on any atom is -0.384 e. The number of nitrogens with zero attached hydrogens (tertiary/aromatic N) is 1. The zero-order valence-electron chi connectivity index (χ0n) is 7.38. The van der Waals surface area contributed by atoms with Gasteiger partial charge in [-0.1, -0.05) is 6.08 Å². The summed E-state index contributed by atoms with van der Waals surface area (Å²) in [5.74, 6) is 0. The van der Waals surface area contributed by atoms with Crippen LogP contribution >= 0.6 is 0 Å². The maximum atomic E-state index is 4.01. The molecule has 0 bridgehead atoms. The van der Waals surface area contributed by atoms with E-state index in [2.05, 4.69) is 16.9 Å². The van der Waals surface area contributed by atoms with Gasteiger partial charge in [-0.3, -0.25) is 4.98 Å². The highest BCUT2D eigenvalue weighted by atomic mass is 14.9. The van der Waals surface area contributed by atoms with Crippen LogP contribution in [0.4, 0.5) is 5.69 Å². The Morgan fingerprint density at radius 3 is 3.17 bits per heavy atom. The van der Waals surface area contributed by atoms with Crippen LogP contribution in [-0.2, 0) is 0 Å². The van der Waals surface area contributed by atoms with E-state index < -0.39 is 0 Å². The first-order chi connectivity index (χ1) is 5.84. The highest BCUT2D eigenvalue weighted by Crippen LogP contribution is 2.10. The maximum Gasteiger partial charge on any atom is 0.0400 e. The molecule has 1 heterocycles. The molecule has 12 heavy (non-hydrogen) atoms. The van der Waals surface area contributed by atoms with Gasteiger partial charge in [0.15, 0.2) is 0 Å². The Kier molecular flexibility index (Phi) is 3.33. The number of nitrogens with one attached hydrogen (secondary N) is 1. The number of rotatable bonds is 4. The largest absolute Gasteiger partial charge is 0.384 e. The maximum absolute atomic E-state index is 4.01. The van der Waals surface area contributed by atoms with E-state index in [1.54, 1.807) is 6.20 Å². The fraction of sp³-hybridized carbons (Fsp3) is 0.300. The number of hydrogen-bond acceptors (Lipinski definition) is 2. The molecular weight excluding hydrogens is 148 g/mol. The van der Waals surface area contributed by atoms with Gasteiger partial charge < -0.3 is 5.32 Å². The highest BCUT2D eigenvalue weighted by Gasteiger charge is 1.93. The van der Waals surface area contributed by atoms with Crippen molar-refractivity contribution in [2.24, 2.45) is 0 Å². The quantitative estimate of drug-likeness (QED) is 0.543. The summed E-state index contributed by atoms with van der Waals surface area (Å²) in [6.07, 6.45) is 6.55. The van der Waals surface area contributed by atoms with Crippen LogP contribution < -0.4 is 5.32 Å². The summed E-state index contributed by atoms with van der Waals surface area (Å²) in [6.45, 7) is 6.65. The third-order valence-electron chi connectivity index (χ3n) is 1.68. The molecule has 2 nitrogen and oxygen atoms in total. The molecule has 2 heteroatoms. The van der Waals surface area contributed by atoms with E-state index in [1.807, 2.05) is 25.3 Å². The molecule has 0 fully saturated rings. The molecule has 0 atom stereocenters. The Morgan fingerprint density at radius 2 is 2.50 bits per heavy atom. The van der Waals surface area contributed by atoms with Crippen molar-refractivity contribution in [3.8, 4) is 0 Å². The number of anilines is 1. The van der Waals surface area contributed by atoms with Gasteiger partial charge in [0.1, 0.15) is 0 Å². The predicted molar refractivity (Wildman–Crippen MR) is 52.3 cm³/mol. The molecule has 1 rings (SSSR count). The van der Waals surface area contributed by atoms with Gasteiger partial charge in [-0.25, -0.2) is 0 Å². The molecule has 0 radical (unpaired) electrons. The van der Waals surface area contributed by atoms with Gasteiger partial charge >= 0.3 is 0 Å². The van der Waals surface area contributed by atoms with Crippen molar-refractivity contribution >= 4 is 5.69 Å². The Bertz CT molecular complexity index is 256. The summed E-state index contributed by atoms with van der Waals surface area (Å²) in [6, 6.07) is 1.98. The summed E-state index contributed by atoms with van der Waals surface area (Å²) in [4.78, 5) is 4.01. The minimum atomic E-state index is 0.939. The van der Waals surface area contributed by atoms with E-state index in [4.69, 9.17) is 0 Å². The molecule has 0 aliphatic carbocycles. The fourth-order valence-electron chi connectivity index (χ4n) is 0.981. The van der Waals surface area contributed by atoms with Gasteiger partial charge in [-0.2, -0.15) is 0 Å². The molecule has 0 aliphatic heterocycles. The average Bonchev–Trinajstić information content (AvgIpc) is 2.09. The second-order valence-corrected chi connectivity index (χ2v) is 2.69. The molecule has 0 amide bonds. The van der Waals surface area contributed by atoms with Crippen molar-refractivity contribution < 1.29 is 0 Å². The third kappa shape index (κ3) is 2.38. The standard InChI is InChI=1S/C10H14N2/c1-3-4-6-12-10-5-7-11-8-9(10)2/h3,5,7-8H,1,4,6H2,2H3,(H,11,12). The smallest absolute Gasteiger partial charge is 0.0400 e. The molecule has 0 saturated carbocycles. The Labute approximate surface area is 73.3 Å². The lowest BCUT2D eigenvalue weighted by molar-refractivity contribution is 1.06. The first kappa shape index (κ1) is 8.78. The van der Waals surface area contributed by atoms with Gasteiger partial charge in [0, 0.05) is 24.6 Å². The van der Waals surface area contributed by atoms with Crippen LogP contribution in [-0.4, -0.2) is 11.5 Å². The van der Waals surface area contributed by atoms with Crippen molar-refractivity contribution in [2.45, 2.75) is 13.3 Å². The van der Waals surface area contributed by atoms with Crippen LogP contribution in [0.3, 0.4) is 0 Å². The van der Waals surface area contributed by atoms with E-state index in [9.17, 15) is 0 Å². The van der Waals surface area contributed by atoms with Gasteiger partial charge in [0.2, 0.25) is 0 Å². The summed E-state index contributed by atoms with van der Waals surface area (Å²) in [5.41, 5.74) is 2.34. The van der Waals surface area contributed by atoms with E-state index in [1.165, 1.54) is 5.56 Å². The van der Waals surface area contributed by atoms with Crippen molar-refractivity contribution in [1.82, 2.24) is 4.98 Å². The van der Waals surface area contributed by atoms with Crippen molar-refractivity contribution in [2.75, 3.05) is 11.9 Å². The summed E-state index contributed by atoms with van der Waals surface area (Å²) in [5, 5.41) is 3.30. The van der Waals surface area contributed by atoms with E-state index >= 15 is 0 Å². The van der Waals surface area contributed by atoms with Gasteiger partial charge in [0.25, 0.3) is 0 Å².